The summed E-state index contributed by atoms with van der Waals surface area (Å²) in [4.78, 5) is 4.17. The standard InChI is InChI=1S/C30H39N3O2S/c1-6-33-25-15-7-8-16-26(25)36-30-27(33)28(34-17-11-9-13-21(2)3)23(19-31)24(20-32)29(30)35-18-12-10-14-22(4)5/h7-8,15-16,21-22H,6,9-14,17-18H2,1-5H3. The maximum atomic E-state index is 10.2. The van der Waals surface area contributed by atoms with Crippen molar-refractivity contribution in [2.45, 2.75) is 82.9 Å². The molecule has 3 rings (SSSR count). The van der Waals surface area contributed by atoms with Crippen molar-refractivity contribution < 1.29 is 9.47 Å². The molecule has 2 aromatic rings. The number of hydrogen-bond donors (Lipinski definition) is 0. The van der Waals surface area contributed by atoms with Crippen LogP contribution in [0, 0.1) is 34.5 Å². The van der Waals surface area contributed by atoms with Gasteiger partial charge in [-0.1, -0.05) is 64.4 Å². The van der Waals surface area contributed by atoms with Gasteiger partial charge in [-0.3, -0.25) is 0 Å². The van der Waals surface area contributed by atoms with Gasteiger partial charge >= 0.3 is 0 Å². The fraction of sp³-hybridized carbons (Fsp3) is 0.533. The summed E-state index contributed by atoms with van der Waals surface area (Å²) in [6.45, 7) is 12.7. The molecule has 0 radical (unpaired) electrons. The van der Waals surface area contributed by atoms with Crippen molar-refractivity contribution in [3.63, 3.8) is 0 Å². The maximum absolute atomic E-state index is 10.2. The Balaban J connectivity index is 2.04. The Labute approximate surface area is 221 Å². The van der Waals surface area contributed by atoms with Crippen LogP contribution in [0.4, 0.5) is 11.4 Å². The van der Waals surface area contributed by atoms with E-state index in [1.807, 2.05) is 12.1 Å². The minimum absolute atomic E-state index is 0.274. The lowest BCUT2D eigenvalue weighted by Gasteiger charge is -2.35. The Morgan fingerprint density at radius 1 is 0.833 bits per heavy atom. The fourth-order valence-corrected chi connectivity index (χ4v) is 5.69. The molecule has 0 saturated carbocycles. The Hall–Kier alpha value is -2.83. The van der Waals surface area contributed by atoms with E-state index in [9.17, 15) is 10.5 Å². The Kier molecular flexibility index (Phi) is 10.4. The van der Waals surface area contributed by atoms with Gasteiger partial charge in [0.2, 0.25) is 0 Å². The smallest absolute Gasteiger partial charge is 0.163 e. The third-order valence-corrected chi connectivity index (χ3v) is 7.51. The van der Waals surface area contributed by atoms with E-state index in [-0.39, 0.29) is 11.1 Å². The average Bonchev–Trinajstić information content (AvgIpc) is 2.86. The summed E-state index contributed by atoms with van der Waals surface area (Å²) in [6.07, 6.45) is 6.24. The van der Waals surface area contributed by atoms with Crippen LogP contribution >= 0.6 is 11.8 Å². The topological polar surface area (TPSA) is 69.3 Å². The number of rotatable bonds is 13. The Bertz CT molecular complexity index is 1110. The number of para-hydroxylation sites is 1. The van der Waals surface area contributed by atoms with Gasteiger partial charge in [0.05, 0.1) is 23.8 Å². The lowest BCUT2D eigenvalue weighted by atomic mass is 10.0. The molecule has 1 aliphatic rings. The molecule has 0 bridgehead atoms. The predicted molar refractivity (Wildman–Crippen MR) is 147 cm³/mol. The number of anilines is 2. The van der Waals surface area contributed by atoms with Crippen LogP contribution in [0.25, 0.3) is 0 Å². The van der Waals surface area contributed by atoms with Crippen molar-refractivity contribution >= 4 is 23.1 Å². The van der Waals surface area contributed by atoms with E-state index >= 15 is 0 Å². The van der Waals surface area contributed by atoms with Gasteiger partial charge in [0.15, 0.2) is 11.5 Å². The van der Waals surface area contributed by atoms with Gasteiger partial charge in [-0.15, -0.1) is 0 Å². The van der Waals surface area contributed by atoms with Gasteiger partial charge in [0, 0.05) is 11.4 Å². The predicted octanol–water partition coefficient (Wildman–Crippen LogP) is 8.46. The van der Waals surface area contributed by atoms with Crippen molar-refractivity contribution in [2.24, 2.45) is 11.8 Å². The second-order valence-corrected chi connectivity index (χ2v) is 11.2. The molecule has 0 aromatic heterocycles. The average molecular weight is 506 g/mol. The number of ether oxygens (including phenoxy) is 2. The van der Waals surface area contributed by atoms with Crippen LogP contribution in [0.15, 0.2) is 34.1 Å². The number of nitriles is 2. The molecule has 6 heteroatoms. The third kappa shape index (κ3) is 6.48. The summed E-state index contributed by atoms with van der Waals surface area (Å²) in [5, 5.41) is 20.4. The highest BCUT2D eigenvalue weighted by molar-refractivity contribution is 7.99. The first kappa shape index (κ1) is 27.8. The van der Waals surface area contributed by atoms with Gasteiger partial charge in [-0.05, 0) is 56.6 Å². The minimum Gasteiger partial charge on any atom is -0.491 e. The van der Waals surface area contributed by atoms with Gasteiger partial charge in [0.25, 0.3) is 0 Å². The molecule has 5 nitrogen and oxygen atoms in total. The second kappa shape index (κ2) is 13.5. The van der Waals surface area contributed by atoms with Crippen molar-refractivity contribution in [1.82, 2.24) is 0 Å². The van der Waals surface area contributed by atoms with Crippen LogP contribution in [0.2, 0.25) is 0 Å². The monoisotopic (exact) mass is 505 g/mol. The van der Waals surface area contributed by atoms with Crippen molar-refractivity contribution in [1.29, 1.82) is 10.5 Å². The molecule has 0 N–H and O–H groups in total. The molecule has 0 fully saturated rings. The first-order valence-corrected chi connectivity index (χ1v) is 14.1. The SMILES string of the molecule is CCN1c2ccccc2Sc2c(OCCCCC(C)C)c(C#N)c(C#N)c(OCCCCC(C)C)c21. The van der Waals surface area contributed by atoms with E-state index < -0.39 is 0 Å². The lowest BCUT2D eigenvalue weighted by Crippen LogP contribution is -2.23. The molecule has 1 aliphatic heterocycles. The molecule has 2 aromatic carbocycles. The van der Waals surface area contributed by atoms with Crippen LogP contribution in [0.5, 0.6) is 11.5 Å². The quantitative estimate of drug-likeness (QED) is 0.254. The van der Waals surface area contributed by atoms with E-state index in [2.05, 4.69) is 63.8 Å². The molecule has 0 amide bonds. The third-order valence-electron chi connectivity index (χ3n) is 6.36. The minimum atomic E-state index is 0.274. The number of fused-ring (bicyclic) bond motifs is 2. The van der Waals surface area contributed by atoms with Crippen LogP contribution < -0.4 is 14.4 Å². The molecule has 192 valence electrons. The first-order valence-electron chi connectivity index (χ1n) is 13.3. The summed E-state index contributed by atoms with van der Waals surface area (Å²) in [5.41, 5.74) is 2.48. The number of hydrogen-bond acceptors (Lipinski definition) is 6. The van der Waals surface area contributed by atoms with E-state index in [1.165, 1.54) is 0 Å². The summed E-state index contributed by atoms with van der Waals surface area (Å²) in [5.74, 6) is 2.32. The highest BCUT2D eigenvalue weighted by Gasteiger charge is 2.34. The maximum Gasteiger partial charge on any atom is 0.163 e. The van der Waals surface area contributed by atoms with Crippen molar-refractivity contribution in [3.05, 3.63) is 35.4 Å². The molecule has 0 unspecified atom stereocenters. The molecule has 1 heterocycles. The van der Waals surface area contributed by atoms with Gasteiger partial charge in [-0.2, -0.15) is 10.5 Å². The van der Waals surface area contributed by atoms with E-state index in [0.29, 0.717) is 43.1 Å². The lowest BCUT2D eigenvalue weighted by molar-refractivity contribution is 0.287. The fourth-order valence-electron chi connectivity index (χ4n) is 4.48. The molecule has 0 saturated heterocycles. The molecule has 36 heavy (non-hydrogen) atoms. The summed E-state index contributed by atoms with van der Waals surface area (Å²) >= 11 is 1.60. The van der Waals surface area contributed by atoms with Crippen LogP contribution in [-0.2, 0) is 0 Å². The number of benzene rings is 2. The Morgan fingerprint density at radius 3 is 1.94 bits per heavy atom. The molecular weight excluding hydrogens is 466 g/mol. The van der Waals surface area contributed by atoms with Crippen molar-refractivity contribution in [2.75, 3.05) is 24.7 Å². The van der Waals surface area contributed by atoms with Gasteiger partial charge in [-0.25, -0.2) is 0 Å². The van der Waals surface area contributed by atoms with E-state index in [0.717, 1.165) is 59.7 Å². The zero-order valence-electron chi connectivity index (χ0n) is 22.4. The zero-order valence-corrected chi connectivity index (χ0v) is 23.2. The Morgan fingerprint density at radius 2 is 1.39 bits per heavy atom. The second-order valence-electron chi connectivity index (χ2n) is 10.1. The molecule has 0 spiro atoms. The molecule has 0 atom stereocenters. The first-order chi connectivity index (χ1) is 17.4. The van der Waals surface area contributed by atoms with Gasteiger partial charge < -0.3 is 14.4 Å². The van der Waals surface area contributed by atoms with Gasteiger partial charge in [0.1, 0.15) is 29.0 Å². The largest absolute Gasteiger partial charge is 0.491 e. The highest BCUT2D eigenvalue weighted by atomic mass is 32.2. The van der Waals surface area contributed by atoms with E-state index in [1.54, 1.807) is 11.8 Å². The van der Waals surface area contributed by atoms with Crippen LogP contribution in [0.3, 0.4) is 0 Å². The summed E-state index contributed by atoms with van der Waals surface area (Å²) < 4.78 is 12.6. The normalized spacial score (nSPS) is 12.2. The number of nitrogens with zero attached hydrogens (tertiary/aromatic N) is 3. The van der Waals surface area contributed by atoms with Crippen LogP contribution in [0.1, 0.15) is 84.3 Å². The number of unbranched alkanes of at least 4 members (excludes halogenated alkanes) is 2. The van der Waals surface area contributed by atoms with E-state index in [4.69, 9.17) is 9.47 Å². The summed E-state index contributed by atoms with van der Waals surface area (Å²) in [6, 6.07) is 12.8. The highest BCUT2D eigenvalue weighted by Crippen LogP contribution is 2.57. The summed E-state index contributed by atoms with van der Waals surface area (Å²) in [7, 11) is 0. The van der Waals surface area contributed by atoms with Crippen LogP contribution in [-0.4, -0.2) is 19.8 Å². The van der Waals surface area contributed by atoms with Crippen molar-refractivity contribution in [3.8, 4) is 23.6 Å². The molecular formula is C30H39N3O2S. The zero-order chi connectivity index (χ0) is 26.1. The molecule has 0 aliphatic carbocycles.